The summed E-state index contributed by atoms with van der Waals surface area (Å²) in [7, 11) is 0. The van der Waals surface area contributed by atoms with E-state index < -0.39 is 42.7 Å². The summed E-state index contributed by atoms with van der Waals surface area (Å²) < 4.78 is 36.2. The van der Waals surface area contributed by atoms with E-state index in [-0.39, 0.29) is 37.2 Å². The zero-order chi connectivity index (χ0) is 29.5. The summed E-state index contributed by atoms with van der Waals surface area (Å²) >= 11 is 0. The molecule has 0 spiro atoms. The van der Waals surface area contributed by atoms with Gasteiger partial charge in [0.05, 0.1) is 13.2 Å². The maximum absolute atomic E-state index is 12.6. The molecular weight excluding hydrogens is 526 g/mol. The smallest absolute Gasteiger partial charge is 0.458 e. The van der Waals surface area contributed by atoms with Crippen molar-refractivity contribution in [1.82, 2.24) is 0 Å². The molecule has 0 aromatic heterocycles. The molecule has 0 aliphatic heterocycles. The summed E-state index contributed by atoms with van der Waals surface area (Å²) in [5, 5.41) is 0. The molecule has 2 rings (SSSR count). The van der Waals surface area contributed by atoms with E-state index in [1.54, 1.807) is 19.9 Å². The fourth-order valence-corrected chi connectivity index (χ4v) is 3.75. The zero-order valence-electron chi connectivity index (χ0n) is 23.7. The first-order valence-electron chi connectivity index (χ1n) is 13.8. The van der Waals surface area contributed by atoms with E-state index in [9.17, 15) is 19.2 Å². The number of hydrogen-bond acceptors (Lipinski definition) is 12. The van der Waals surface area contributed by atoms with Gasteiger partial charge in [-0.15, -0.1) is 0 Å². The number of benzene rings is 1. The maximum Gasteiger partial charge on any atom is 0.513 e. The molecule has 0 radical (unpaired) electrons. The molecule has 1 fully saturated rings. The first-order chi connectivity index (χ1) is 19.1. The highest BCUT2D eigenvalue weighted by atomic mass is 16.8. The number of carbonyl (C=O) groups is 4. The van der Waals surface area contributed by atoms with Crippen LogP contribution in [0.4, 0.5) is 14.4 Å². The predicted octanol–water partition coefficient (Wildman–Crippen LogP) is 5.21. The summed E-state index contributed by atoms with van der Waals surface area (Å²) in [6.45, 7) is 7.13. The van der Waals surface area contributed by atoms with Crippen LogP contribution < -0.4 is 15.2 Å². The van der Waals surface area contributed by atoms with E-state index in [2.05, 4.69) is 0 Å². The van der Waals surface area contributed by atoms with Crippen LogP contribution >= 0.6 is 0 Å². The molecule has 1 aromatic rings. The lowest BCUT2D eigenvalue weighted by Gasteiger charge is -2.25. The topological polar surface area (TPSA) is 159 Å². The minimum absolute atomic E-state index is 0.00540. The summed E-state index contributed by atoms with van der Waals surface area (Å²) in [5.41, 5.74) is 6.56. The molecule has 224 valence electrons. The number of ether oxygens (including phenoxy) is 7. The molecule has 40 heavy (non-hydrogen) atoms. The maximum atomic E-state index is 12.6. The van der Waals surface area contributed by atoms with Crippen molar-refractivity contribution in [3.63, 3.8) is 0 Å². The fraction of sp³-hybridized carbons (Fsp3) is 0.643. The summed E-state index contributed by atoms with van der Waals surface area (Å²) in [6.07, 6.45) is 1.53. The van der Waals surface area contributed by atoms with Crippen molar-refractivity contribution in [2.24, 2.45) is 5.73 Å². The first kappa shape index (κ1) is 32.7. The number of carbonyl (C=O) groups excluding carboxylic acids is 4. The van der Waals surface area contributed by atoms with Crippen LogP contribution in [0, 0.1) is 0 Å². The molecule has 1 aliphatic carbocycles. The Morgan fingerprint density at radius 3 is 2.00 bits per heavy atom. The normalized spacial score (nSPS) is 15.6. The van der Waals surface area contributed by atoms with Gasteiger partial charge < -0.3 is 38.9 Å². The van der Waals surface area contributed by atoms with Gasteiger partial charge in [0.15, 0.2) is 11.5 Å². The number of esters is 1. The molecule has 1 unspecified atom stereocenters. The van der Waals surface area contributed by atoms with Gasteiger partial charge in [-0.25, -0.2) is 14.4 Å². The second kappa shape index (κ2) is 17.2. The van der Waals surface area contributed by atoms with Crippen molar-refractivity contribution in [3.8, 4) is 11.5 Å². The Morgan fingerprint density at radius 2 is 1.40 bits per heavy atom. The Kier molecular flexibility index (Phi) is 14.1. The third-order valence-corrected chi connectivity index (χ3v) is 6.06. The molecule has 0 bridgehead atoms. The Balaban J connectivity index is 1.97. The summed E-state index contributed by atoms with van der Waals surface area (Å²) in [4.78, 5) is 48.7. The van der Waals surface area contributed by atoms with E-state index in [0.29, 0.717) is 18.4 Å². The lowest BCUT2D eigenvalue weighted by atomic mass is 9.98. The second-order valence-electron chi connectivity index (χ2n) is 9.59. The van der Waals surface area contributed by atoms with Crippen molar-refractivity contribution in [3.05, 3.63) is 23.8 Å². The quantitative estimate of drug-likeness (QED) is 0.188. The van der Waals surface area contributed by atoms with Crippen molar-refractivity contribution in [2.75, 3.05) is 13.2 Å². The second-order valence-corrected chi connectivity index (χ2v) is 9.59. The molecule has 0 heterocycles. The van der Waals surface area contributed by atoms with Gasteiger partial charge in [-0.3, -0.25) is 4.79 Å². The van der Waals surface area contributed by atoms with Crippen LogP contribution in [-0.4, -0.2) is 62.0 Å². The standard InChI is InChI=1S/C28H41NO11/c1-5-14-34-26(31)39-23-13-12-20(17-24(23)40-27(32)35-15-6-2)16-22(29)25(30)36-18(3)19(4)37-28(33)38-21-10-8-7-9-11-21/h12-13,17-19,21-22H,5-11,14-16,29H2,1-4H3/t18-,19?,22-/m0/s1. The third-order valence-electron chi connectivity index (χ3n) is 6.06. The molecule has 12 nitrogen and oxygen atoms in total. The Labute approximate surface area is 234 Å². The molecule has 12 heteroatoms. The van der Waals surface area contributed by atoms with E-state index in [1.165, 1.54) is 12.1 Å². The number of hydrogen-bond donors (Lipinski definition) is 1. The Hall–Kier alpha value is -3.54. The largest absolute Gasteiger partial charge is 0.513 e. The van der Waals surface area contributed by atoms with Gasteiger partial charge in [0.2, 0.25) is 0 Å². The van der Waals surface area contributed by atoms with Gasteiger partial charge in [0, 0.05) is 0 Å². The van der Waals surface area contributed by atoms with Crippen molar-refractivity contribution >= 4 is 24.4 Å². The SMILES string of the molecule is CCCOC(=O)Oc1ccc(C[C@H](N)C(=O)O[C@@H](C)C(C)OC(=O)OC2CCCCC2)cc1OC(=O)OCCC. The van der Waals surface area contributed by atoms with E-state index in [4.69, 9.17) is 38.9 Å². The molecular formula is C28H41NO11. The van der Waals surface area contributed by atoms with Gasteiger partial charge in [0.1, 0.15) is 24.4 Å². The van der Waals surface area contributed by atoms with E-state index in [0.717, 1.165) is 32.1 Å². The van der Waals surface area contributed by atoms with E-state index >= 15 is 0 Å². The lowest BCUT2D eigenvalue weighted by Crippen LogP contribution is -2.39. The highest BCUT2D eigenvalue weighted by Gasteiger charge is 2.27. The summed E-state index contributed by atoms with van der Waals surface area (Å²) in [6, 6.07) is 3.25. The highest BCUT2D eigenvalue weighted by Crippen LogP contribution is 2.30. The van der Waals surface area contributed by atoms with Crippen molar-refractivity contribution in [2.45, 2.75) is 103 Å². The van der Waals surface area contributed by atoms with Crippen LogP contribution in [0.25, 0.3) is 0 Å². The molecule has 0 saturated heterocycles. The first-order valence-corrected chi connectivity index (χ1v) is 13.8. The molecule has 0 amide bonds. The van der Waals surface area contributed by atoms with Crippen LogP contribution in [-0.2, 0) is 34.9 Å². The highest BCUT2D eigenvalue weighted by molar-refractivity contribution is 5.76. The van der Waals surface area contributed by atoms with Crippen molar-refractivity contribution < 1.29 is 52.3 Å². The van der Waals surface area contributed by atoms with Crippen LogP contribution in [0.1, 0.15) is 78.2 Å². The predicted molar refractivity (Wildman–Crippen MR) is 142 cm³/mol. The lowest BCUT2D eigenvalue weighted by molar-refractivity contribution is -0.155. The molecule has 1 aromatic carbocycles. The monoisotopic (exact) mass is 567 g/mol. The van der Waals surface area contributed by atoms with Gasteiger partial charge >= 0.3 is 24.4 Å². The van der Waals surface area contributed by atoms with Gasteiger partial charge in [0.25, 0.3) is 0 Å². The van der Waals surface area contributed by atoms with Gasteiger partial charge in [-0.2, -0.15) is 0 Å². The number of rotatable bonds is 13. The van der Waals surface area contributed by atoms with Gasteiger partial charge in [-0.05, 0) is 76.5 Å². The van der Waals surface area contributed by atoms with Crippen LogP contribution in [0.2, 0.25) is 0 Å². The Morgan fingerprint density at radius 1 is 0.825 bits per heavy atom. The van der Waals surface area contributed by atoms with Crippen LogP contribution in [0.5, 0.6) is 11.5 Å². The molecule has 1 saturated carbocycles. The molecule has 3 atom stereocenters. The third kappa shape index (κ3) is 11.7. The van der Waals surface area contributed by atoms with Crippen LogP contribution in [0.15, 0.2) is 18.2 Å². The minimum atomic E-state index is -1.09. The zero-order valence-corrected chi connectivity index (χ0v) is 23.7. The van der Waals surface area contributed by atoms with E-state index in [1.807, 2.05) is 13.8 Å². The molecule has 2 N–H and O–H groups in total. The van der Waals surface area contributed by atoms with Gasteiger partial charge in [-0.1, -0.05) is 26.3 Å². The molecule has 1 aliphatic rings. The fourth-order valence-electron chi connectivity index (χ4n) is 3.75. The number of nitrogens with two attached hydrogens (primary N) is 1. The average Bonchev–Trinajstić information content (AvgIpc) is 2.92. The van der Waals surface area contributed by atoms with Crippen LogP contribution in [0.3, 0.4) is 0 Å². The summed E-state index contributed by atoms with van der Waals surface area (Å²) in [5.74, 6) is -0.912. The minimum Gasteiger partial charge on any atom is -0.458 e. The Bertz CT molecular complexity index is 977. The average molecular weight is 568 g/mol. The van der Waals surface area contributed by atoms with Crippen molar-refractivity contribution in [1.29, 1.82) is 0 Å².